The number of ether oxygens (including phenoxy) is 2. The van der Waals surface area contributed by atoms with Crippen LogP contribution in [0, 0.1) is 0 Å². The Morgan fingerprint density at radius 2 is 1.77 bits per heavy atom. The zero-order chi connectivity index (χ0) is 18.4. The summed E-state index contributed by atoms with van der Waals surface area (Å²) in [5.41, 5.74) is 4.31. The molecule has 1 saturated heterocycles. The molecule has 0 radical (unpaired) electrons. The summed E-state index contributed by atoms with van der Waals surface area (Å²) in [5, 5.41) is 3.07. The van der Waals surface area contributed by atoms with Crippen LogP contribution in [0.15, 0.2) is 48.5 Å². The van der Waals surface area contributed by atoms with Crippen molar-refractivity contribution in [1.82, 2.24) is 5.32 Å². The molecule has 138 valence electrons. The van der Waals surface area contributed by atoms with Crippen LogP contribution in [0.25, 0.3) is 11.1 Å². The minimum atomic E-state index is -0.0893. The van der Waals surface area contributed by atoms with Crippen LogP contribution in [-0.2, 0) is 15.9 Å². The van der Waals surface area contributed by atoms with E-state index in [1.807, 2.05) is 24.3 Å². The monoisotopic (exact) mass is 353 g/mol. The van der Waals surface area contributed by atoms with Gasteiger partial charge in [-0.3, -0.25) is 4.79 Å². The number of amides is 1. The number of carbonyl (C=O) groups excluding carboxylic acids is 1. The quantitative estimate of drug-likeness (QED) is 0.858. The van der Waals surface area contributed by atoms with Crippen LogP contribution in [0.4, 0.5) is 0 Å². The molecule has 1 fully saturated rings. The molecule has 1 aliphatic heterocycles. The van der Waals surface area contributed by atoms with Gasteiger partial charge in [-0.15, -0.1) is 0 Å². The first kappa shape index (κ1) is 18.6. The Balaban J connectivity index is 1.65. The van der Waals surface area contributed by atoms with Gasteiger partial charge in [-0.1, -0.05) is 49.7 Å². The molecule has 0 saturated carbocycles. The van der Waals surface area contributed by atoms with E-state index in [0.29, 0.717) is 18.8 Å². The molecule has 1 N–H and O–H groups in total. The third kappa shape index (κ3) is 4.51. The Hall–Kier alpha value is -2.17. The third-order valence-electron chi connectivity index (χ3n) is 4.90. The number of nitrogens with one attached hydrogen (secondary N) is 1. The van der Waals surface area contributed by atoms with Crippen molar-refractivity contribution in [2.45, 2.75) is 38.3 Å². The van der Waals surface area contributed by atoms with E-state index < -0.39 is 0 Å². The molecule has 1 amide bonds. The minimum Gasteiger partial charge on any atom is -0.379 e. The molecule has 0 unspecified atom stereocenters. The fourth-order valence-electron chi connectivity index (χ4n) is 3.33. The van der Waals surface area contributed by atoms with Gasteiger partial charge in [-0.05, 0) is 41.7 Å². The van der Waals surface area contributed by atoms with Gasteiger partial charge in [0.2, 0.25) is 0 Å². The number of aryl methyl sites for hydroxylation is 1. The van der Waals surface area contributed by atoms with E-state index in [-0.39, 0.29) is 18.1 Å². The van der Waals surface area contributed by atoms with Crippen LogP contribution in [0.2, 0.25) is 0 Å². The molecule has 4 nitrogen and oxygen atoms in total. The zero-order valence-corrected chi connectivity index (χ0v) is 15.5. The second kappa shape index (κ2) is 8.97. The Kier molecular flexibility index (Phi) is 6.42. The highest BCUT2D eigenvalue weighted by Gasteiger charge is 2.27. The van der Waals surface area contributed by atoms with Crippen LogP contribution < -0.4 is 5.32 Å². The van der Waals surface area contributed by atoms with E-state index in [4.69, 9.17) is 9.47 Å². The molecular formula is C22H27NO3. The van der Waals surface area contributed by atoms with E-state index in [9.17, 15) is 4.79 Å². The minimum absolute atomic E-state index is 0.00737. The number of hydrogen-bond acceptors (Lipinski definition) is 3. The van der Waals surface area contributed by atoms with E-state index in [0.717, 1.165) is 24.8 Å². The van der Waals surface area contributed by atoms with Crippen molar-refractivity contribution >= 4 is 5.91 Å². The van der Waals surface area contributed by atoms with Crippen LogP contribution in [0.1, 0.15) is 35.7 Å². The van der Waals surface area contributed by atoms with Crippen molar-refractivity contribution in [2.24, 2.45) is 0 Å². The Morgan fingerprint density at radius 3 is 2.38 bits per heavy atom. The van der Waals surface area contributed by atoms with Crippen LogP contribution >= 0.6 is 0 Å². The summed E-state index contributed by atoms with van der Waals surface area (Å²) in [6.07, 6.45) is 2.94. The summed E-state index contributed by atoms with van der Waals surface area (Å²) >= 11 is 0. The fraction of sp³-hybridized carbons (Fsp3) is 0.409. The van der Waals surface area contributed by atoms with Crippen LogP contribution in [-0.4, -0.2) is 38.4 Å². The standard InChI is InChI=1S/C22H27NO3/c1-3-4-16-5-7-17(8-6-16)18-9-11-19(12-10-18)22(24)23-20-13-14-26-15-21(20)25-2/h5-12,20-21H,3-4,13-15H2,1-2H3,(H,23,24)/t20-,21-/m1/s1. The first-order valence-electron chi connectivity index (χ1n) is 9.32. The second-order valence-electron chi connectivity index (χ2n) is 6.74. The van der Waals surface area contributed by atoms with Crippen molar-refractivity contribution in [3.8, 4) is 11.1 Å². The molecule has 0 spiro atoms. The van der Waals surface area contributed by atoms with Crippen molar-refractivity contribution < 1.29 is 14.3 Å². The number of benzene rings is 2. The molecule has 0 bridgehead atoms. The van der Waals surface area contributed by atoms with Crippen LogP contribution in [0.3, 0.4) is 0 Å². The molecular weight excluding hydrogens is 326 g/mol. The summed E-state index contributed by atoms with van der Waals surface area (Å²) in [6.45, 7) is 3.36. The Morgan fingerprint density at radius 1 is 1.12 bits per heavy atom. The zero-order valence-electron chi connectivity index (χ0n) is 15.5. The fourth-order valence-corrected chi connectivity index (χ4v) is 3.33. The van der Waals surface area contributed by atoms with E-state index in [2.05, 4.69) is 36.5 Å². The lowest BCUT2D eigenvalue weighted by molar-refractivity contribution is -0.0479. The topological polar surface area (TPSA) is 47.6 Å². The highest BCUT2D eigenvalue weighted by atomic mass is 16.5. The van der Waals surface area contributed by atoms with E-state index >= 15 is 0 Å². The predicted molar refractivity (Wildman–Crippen MR) is 103 cm³/mol. The summed E-state index contributed by atoms with van der Waals surface area (Å²) < 4.78 is 10.8. The number of hydrogen-bond donors (Lipinski definition) is 1. The maximum absolute atomic E-state index is 12.5. The largest absolute Gasteiger partial charge is 0.379 e. The first-order chi connectivity index (χ1) is 12.7. The average Bonchev–Trinajstić information content (AvgIpc) is 2.69. The van der Waals surface area contributed by atoms with Gasteiger partial charge in [-0.25, -0.2) is 0 Å². The molecule has 4 heteroatoms. The lowest BCUT2D eigenvalue weighted by atomic mass is 10.0. The molecule has 1 heterocycles. The highest BCUT2D eigenvalue weighted by molar-refractivity contribution is 5.94. The van der Waals surface area contributed by atoms with Gasteiger partial charge < -0.3 is 14.8 Å². The number of carbonyl (C=O) groups is 1. The second-order valence-corrected chi connectivity index (χ2v) is 6.74. The molecule has 0 aromatic heterocycles. The Labute approximate surface area is 155 Å². The highest BCUT2D eigenvalue weighted by Crippen LogP contribution is 2.21. The summed E-state index contributed by atoms with van der Waals surface area (Å²) in [4.78, 5) is 12.5. The normalized spacial score (nSPS) is 19.9. The van der Waals surface area contributed by atoms with Crippen LogP contribution in [0.5, 0.6) is 0 Å². The summed E-state index contributed by atoms with van der Waals surface area (Å²) in [6, 6.07) is 16.4. The Bertz CT molecular complexity index is 709. The van der Waals surface area contributed by atoms with E-state index in [1.54, 1.807) is 7.11 Å². The lowest BCUT2D eigenvalue weighted by Gasteiger charge is -2.31. The maximum Gasteiger partial charge on any atom is 0.251 e. The molecule has 2 aromatic carbocycles. The summed E-state index contributed by atoms with van der Waals surface area (Å²) in [5.74, 6) is -0.0659. The molecule has 1 aliphatic rings. The first-order valence-corrected chi connectivity index (χ1v) is 9.32. The van der Waals surface area contributed by atoms with Gasteiger partial charge in [0.1, 0.15) is 6.10 Å². The van der Waals surface area contributed by atoms with Crippen molar-refractivity contribution in [2.75, 3.05) is 20.3 Å². The van der Waals surface area contributed by atoms with Gasteiger partial charge in [0.25, 0.3) is 5.91 Å². The summed E-state index contributed by atoms with van der Waals surface area (Å²) in [7, 11) is 1.65. The van der Waals surface area contributed by atoms with Gasteiger partial charge in [0, 0.05) is 19.3 Å². The lowest BCUT2D eigenvalue weighted by Crippen LogP contribution is -2.49. The number of methoxy groups -OCH3 is 1. The van der Waals surface area contributed by atoms with E-state index in [1.165, 1.54) is 11.1 Å². The molecule has 2 aromatic rings. The van der Waals surface area contributed by atoms with Gasteiger partial charge in [0.15, 0.2) is 0 Å². The van der Waals surface area contributed by atoms with Gasteiger partial charge >= 0.3 is 0 Å². The van der Waals surface area contributed by atoms with Gasteiger partial charge in [0.05, 0.1) is 12.6 Å². The third-order valence-corrected chi connectivity index (χ3v) is 4.90. The number of rotatable bonds is 6. The molecule has 0 aliphatic carbocycles. The van der Waals surface area contributed by atoms with Crippen molar-refractivity contribution in [3.63, 3.8) is 0 Å². The predicted octanol–water partition coefficient (Wildman–Crippen LogP) is 3.84. The smallest absolute Gasteiger partial charge is 0.251 e. The maximum atomic E-state index is 12.5. The van der Waals surface area contributed by atoms with Crippen molar-refractivity contribution in [1.29, 1.82) is 0 Å². The molecule has 2 atom stereocenters. The van der Waals surface area contributed by atoms with Gasteiger partial charge in [-0.2, -0.15) is 0 Å². The molecule has 26 heavy (non-hydrogen) atoms. The molecule has 3 rings (SSSR count). The SMILES string of the molecule is CCCc1ccc(-c2ccc(C(=O)N[C@@H]3CCOC[C@H]3OC)cc2)cc1. The van der Waals surface area contributed by atoms with Crippen molar-refractivity contribution in [3.05, 3.63) is 59.7 Å². The average molecular weight is 353 g/mol.